The highest BCUT2D eigenvalue weighted by Gasteiger charge is 2.10. The van der Waals surface area contributed by atoms with Gasteiger partial charge in [0, 0.05) is 45.3 Å². The Morgan fingerprint density at radius 2 is 0.795 bits per heavy atom. The molecule has 6 rings (SSSR count). The molecule has 0 atom stereocenters. The third-order valence-electron chi connectivity index (χ3n) is 8.22. The van der Waals surface area contributed by atoms with Crippen LogP contribution >= 0.6 is 0 Å². The van der Waals surface area contributed by atoms with Gasteiger partial charge in [0.2, 0.25) is 0 Å². The number of ether oxygens (including phenoxy) is 1. The summed E-state index contributed by atoms with van der Waals surface area (Å²) in [5.41, 5.74) is 11.1. The van der Waals surface area contributed by atoms with Crippen LogP contribution in [0.5, 0.6) is 0 Å². The fourth-order valence-electron chi connectivity index (χ4n) is 5.54. The summed E-state index contributed by atoms with van der Waals surface area (Å²) in [5, 5.41) is 12.9. The van der Waals surface area contributed by atoms with Crippen molar-refractivity contribution in [1.29, 1.82) is 0 Å². The number of rotatable bonds is 1. The molecular formula is C32H70N6O. The number of hydrogen-bond acceptors (Lipinski definition) is 7. The number of morpholine rings is 1. The highest BCUT2D eigenvalue weighted by molar-refractivity contribution is 4.66. The van der Waals surface area contributed by atoms with Crippen LogP contribution in [0.4, 0.5) is 0 Å². The molecule has 0 radical (unpaired) electrons. The zero-order valence-electron chi connectivity index (χ0n) is 25.9. The van der Waals surface area contributed by atoms with Crippen LogP contribution in [0.1, 0.15) is 122 Å². The van der Waals surface area contributed by atoms with E-state index in [-0.39, 0.29) is 0 Å². The Morgan fingerprint density at radius 3 is 1.00 bits per heavy atom. The lowest BCUT2D eigenvalue weighted by Crippen LogP contribution is -2.39. The molecule has 0 aromatic carbocycles. The van der Waals surface area contributed by atoms with E-state index < -0.39 is 0 Å². The second-order valence-electron chi connectivity index (χ2n) is 11.9. The average Bonchev–Trinajstić information content (AvgIpc) is 3.07. The van der Waals surface area contributed by atoms with Crippen LogP contribution < -0.4 is 32.7 Å². The van der Waals surface area contributed by atoms with Crippen molar-refractivity contribution in [2.24, 2.45) is 17.4 Å². The van der Waals surface area contributed by atoms with Crippen molar-refractivity contribution in [1.82, 2.24) is 21.3 Å². The minimum atomic E-state index is 0.536. The van der Waals surface area contributed by atoms with Gasteiger partial charge in [-0.1, -0.05) is 83.5 Å². The lowest BCUT2D eigenvalue weighted by atomic mass is 9.90. The Bertz CT molecular complexity index is 348. The summed E-state index contributed by atoms with van der Waals surface area (Å²) in [6, 6.07) is 0.536. The number of nitrogens with one attached hydrogen (secondary N) is 4. The first-order chi connectivity index (χ1) is 19.3. The van der Waals surface area contributed by atoms with Crippen LogP contribution in [-0.2, 0) is 4.74 Å². The van der Waals surface area contributed by atoms with Crippen molar-refractivity contribution in [2.45, 2.75) is 128 Å². The van der Waals surface area contributed by atoms with E-state index in [1.165, 1.54) is 135 Å². The topological polar surface area (TPSA) is 109 Å². The number of nitrogens with two attached hydrogens (primary N) is 2. The molecule has 3 heterocycles. The minimum absolute atomic E-state index is 0.536. The molecule has 3 aliphatic carbocycles. The third-order valence-corrected chi connectivity index (χ3v) is 8.22. The molecule has 3 saturated heterocycles. The molecule has 8 N–H and O–H groups in total. The summed E-state index contributed by atoms with van der Waals surface area (Å²) >= 11 is 0. The van der Waals surface area contributed by atoms with Gasteiger partial charge >= 0.3 is 0 Å². The summed E-state index contributed by atoms with van der Waals surface area (Å²) < 4.78 is 5.01. The molecular weight excluding hydrogens is 484 g/mol. The molecule has 0 amide bonds. The smallest absolute Gasteiger partial charge is 0.0591 e. The van der Waals surface area contributed by atoms with E-state index in [1.807, 2.05) is 0 Å². The van der Waals surface area contributed by atoms with Gasteiger partial charge in [0.15, 0.2) is 0 Å². The van der Waals surface area contributed by atoms with Crippen LogP contribution in [-0.4, -0.2) is 78.2 Å². The lowest BCUT2D eigenvalue weighted by molar-refractivity contribution is 0.109. The standard InChI is InChI=1S/C7H15N.C6H13N.C6H12.C5H11N.C4H10N2.C4H9NO/c8-6-7-4-2-1-3-5-7;7-6-4-2-1-3-5-6;2*1-2-4-6-5-3-1;1-2-6-4-3-5-1;1-3-6-4-2-5-1/h7H,1-6,8H2;6H,1-5,7H2;1-6H2;6H,1-5H2;5-6H,1-4H2;5H,1-4H2. The third kappa shape index (κ3) is 27.7. The molecule has 3 saturated carbocycles. The number of piperidine rings is 1. The fourth-order valence-corrected chi connectivity index (χ4v) is 5.54. The number of piperazine rings is 1. The van der Waals surface area contributed by atoms with Gasteiger partial charge in [0.05, 0.1) is 13.2 Å². The van der Waals surface area contributed by atoms with E-state index in [2.05, 4.69) is 21.3 Å². The molecule has 0 aromatic heterocycles. The molecule has 3 aliphatic heterocycles. The summed E-state index contributed by atoms with van der Waals surface area (Å²) in [5.74, 6) is 0.865. The van der Waals surface area contributed by atoms with Crippen LogP contribution in [0.3, 0.4) is 0 Å². The summed E-state index contributed by atoms with van der Waals surface area (Å²) in [6.45, 7) is 11.8. The second-order valence-corrected chi connectivity index (χ2v) is 11.9. The van der Waals surface area contributed by atoms with Gasteiger partial charge in [-0.05, 0) is 64.1 Å². The molecule has 0 spiro atoms. The predicted octanol–water partition coefficient (Wildman–Crippen LogP) is 4.69. The molecule has 234 valence electrons. The van der Waals surface area contributed by atoms with Crippen LogP contribution in [0.2, 0.25) is 0 Å². The Kier molecular flexibility index (Phi) is 28.9. The van der Waals surface area contributed by atoms with Gasteiger partial charge in [0.1, 0.15) is 0 Å². The van der Waals surface area contributed by atoms with E-state index in [0.717, 1.165) is 64.9 Å². The van der Waals surface area contributed by atoms with Crippen LogP contribution in [0.15, 0.2) is 0 Å². The fraction of sp³-hybridized carbons (Fsp3) is 1.00. The SMILES string of the molecule is C1CCCCC1.C1CCNCC1.C1CNCCN1.C1COCCN1.NC1CCCCC1.NCC1CCCCC1. The Morgan fingerprint density at radius 1 is 0.436 bits per heavy atom. The molecule has 39 heavy (non-hydrogen) atoms. The van der Waals surface area contributed by atoms with Crippen molar-refractivity contribution < 1.29 is 4.74 Å². The maximum Gasteiger partial charge on any atom is 0.0591 e. The van der Waals surface area contributed by atoms with Crippen molar-refractivity contribution in [3.8, 4) is 0 Å². The van der Waals surface area contributed by atoms with Gasteiger partial charge in [-0.25, -0.2) is 0 Å². The van der Waals surface area contributed by atoms with Crippen molar-refractivity contribution >= 4 is 0 Å². The molecule has 0 unspecified atom stereocenters. The molecule has 6 fully saturated rings. The van der Waals surface area contributed by atoms with Crippen molar-refractivity contribution in [3.63, 3.8) is 0 Å². The molecule has 7 nitrogen and oxygen atoms in total. The first-order valence-electron chi connectivity index (χ1n) is 17.2. The van der Waals surface area contributed by atoms with E-state index in [9.17, 15) is 0 Å². The van der Waals surface area contributed by atoms with E-state index in [4.69, 9.17) is 16.2 Å². The largest absolute Gasteiger partial charge is 0.379 e. The predicted molar refractivity (Wildman–Crippen MR) is 171 cm³/mol. The first kappa shape index (κ1) is 36.7. The van der Waals surface area contributed by atoms with Gasteiger partial charge in [0.25, 0.3) is 0 Å². The van der Waals surface area contributed by atoms with Crippen LogP contribution in [0.25, 0.3) is 0 Å². The highest BCUT2D eigenvalue weighted by atomic mass is 16.5. The Balaban J connectivity index is 0.000000235. The lowest BCUT2D eigenvalue weighted by Gasteiger charge is -2.18. The molecule has 0 bridgehead atoms. The van der Waals surface area contributed by atoms with Crippen LogP contribution in [0, 0.1) is 5.92 Å². The Labute approximate surface area is 243 Å². The van der Waals surface area contributed by atoms with E-state index in [1.54, 1.807) is 0 Å². The number of hydrogen-bond donors (Lipinski definition) is 6. The van der Waals surface area contributed by atoms with Crippen molar-refractivity contribution in [3.05, 3.63) is 0 Å². The molecule has 0 aromatic rings. The quantitative estimate of drug-likeness (QED) is 0.279. The molecule has 6 aliphatic rings. The van der Waals surface area contributed by atoms with Gasteiger partial charge in [-0.2, -0.15) is 0 Å². The maximum absolute atomic E-state index is 5.63. The Hall–Kier alpha value is -0.280. The summed E-state index contributed by atoms with van der Waals surface area (Å²) in [7, 11) is 0. The second kappa shape index (κ2) is 30.7. The van der Waals surface area contributed by atoms with Gasteiger partial charge in [-0.3, -0.25) is 0 Å². The van der Waals surface area contributed by atoms with E-state index >= 15 is 0 Å². The maximum atomic E-state index is 5.63. The van der Waals surface area contributed by atoms with Crippen molar-refractivity contribution in [2.75, 3.05) is 72.1 Å². The monoisotopic (exact) mass is 555 g/mol. The molecule has 7 heteroatoms. The summed E-state index contributed by atoms with van der Waals surface area (Å²) in [6.07, 6.45) is 26.9. The highest BCUT2D eigenvalue weighted by Crippen LogP contribution is 2.22. The minimum Gasteiger partial charge on any atom is -0.379 e. The summed E-state index contributed by atoms with van der Waals surface area (Å²) in [4.78, 5) is 0. The normalized spacial score (nSPS) is 24.2. The first-order valence-corrected chi connectivity index (χ1v) is 17.2. The zero-order valence-corrected chi connectivity index (χ0v) is 25.9. The van der Waals surface area contributed by atoms with E-state index in [0.29, 0.717) is 6.04 Å². The van der Waals surface area contributed by atoms with Gasteiger partial charge in [-0.15, -0.1) is 0 Å². The average molecular weight is 555 g/mol. The van der Waals surface area contributed by atoms with Gasteiger partial charge < -0.3 is 37.5 Å². The zero-order chi connectivity index (χ0) is 27.9.